The summed E-state index contributed by atoms with van der Waals surface area (Å²) in [5.74, 6) is 0. The SMILES string of the molecule is c1ccc(-n2c3ccccc3c3ccc(-c4ccc(N(c5ccc(-c6ccc7ccccc7c6)cc5)c5ccc(-c6ccc7c(c6)[se]c6ccccc67)cc5)cc4)cc32)cc1. The van der Waals surface area contributed by atoms with Gasteiger partial charge in [0.1, 0.15) is 0 Å². The third-order valence-electron chi connectivity index (χ3n) is 12.2. The first-order valence-corrected chi connectivity index (χ1v) is 22.5. The van der Waals surface area contributed by atoms with E-state index in [2.05, 4.69) is 240 Å². The van der Waals surface area contributed by atoms with Gasteiger partial charge in [0, 0.05) is 16.5 Å². The zero-order valence-corrected chi connectivity index (χ0v) is 35.0. The normalized spacial score (nSPS) is 11.6. The summed E-state index contributed by atoms with van der Waals surface area (Å²) in [6.07, 6.45) is 0. The summed E-state index contributed by atoms with van der Waals surface area (Å²) in [6, 6.07) is 84.6. The van der Waals surface area contributed by atoms with Gasteiger partial charge >= 0.3 is 193 Å². The Morgan fingerprint density at radius 2 is 0.770 bits per heavy atom. The van der Waals surface area contributed by atoms with E-state index < -0.39 is 0 Å². The summed E-state index contributed by atoms with van der Waals surface area (Å²) in [5.41, 5.74) is 14.2. The molecule has 286 valence electrons. The van der Waals surface area contributed by atoms with Crippen LogP contribution in [-0.4, -0.2) is 19.1 Å². The zero-order chi connectivity index (χ0) is 40.3. The Kier molecular flexibility index (Phi) is 8.55. The van der Waals surface area contributed by atoms with E-state index in [1.807, 2.05) is 0 Å². The van der Waals surface area contributed by atoms with Crippen molar-refractivity contribution in [2.24, 2.45) is 0 Å². The van der Waals surface area contributed by atoms with Crippen LogP contribution in [0.3, 0.4) is 0 Å². The number of hydrogen-bond acceptors (Lipinski definition) is 1. The van der Waals surface area contributed by atoms with Crippen LogP contribution in [0.15, 0.2) is 231 Å². The van der Waals surface area contributed by atoms with Crippen LogP contribution < -0.4 is 4.90 Å². The first-order valence-electron chi connectivity index (χ1n) is 20.8. The van der Waals surface area contributed by atoms with Crippen molar-refractivity contribution in [2.75, 3.05) is 4.90 Å². The van der Waals surface area contributed by atoms with Gasteiger partial charge in [-0.15, -0.1) is 0 Å². The van der Waals surface area contributed by atoms with Crippen molar-refractivity contribution in [3.05, 3.63) is 231 Å². The number of fused-ring (bicyclic) bond motifs is 7. The molecule has 0 N–H and O–H groups in total. The predicted molar refractivity (Wildman–Crippen MR) is 261 cm³/mol. The number of rotatable bonds is 7. The molecule has 0 saturated carbocycles. The maximum absolute atomic E-state index is 2.41. The molecule has 12 aromatic rings. The number of hydrogen-bond donors (Lipinski definition) is 0. The molecule has 0 aliphatic carbocycles. The smallest absolute Gasteiger partial charge is 0.0547 e. The summed E-state index contributed by atoms with van der Waals surface area (Å²) in [4.78, 5) is 2.37. The van der Waals surface area contributed by atoms with Crippen molar-refractivity contribution in [2.45, 2.75) is 0 Å². The molecule has 0 unspecified atom stereocenters. The second-order valence-electron chi connectivity index (χ2n) is 15.8. The molecule has 0 spiro atoms. The molecule has 0 bridgehead atoms. The van der Waals surface area contributed by atoms with Crippen molar-refractivity contribution in [3.8, 4) is 39.1 Å². The monoisotopic (exact) mass is 842 g/mol. The molecule has 0 radical (unpaired) electrons. The van der Waals surface area contributed by atoms with E-state index in [1.54, 1.807) is 0 Å². The molecular weight excluding hydrogens is 804 g/mol. The van der Waals surface area contributed by atoms with Gasteiger partial charge in [-0.1, -0.05) is 84.9 Å². The fraction of sp³-hybridized carbons (Fsp3) is 0. The minimum absolute atomic E-state index is 0.329. The van der Waals surface area contributed by atoms with E-state index in [4.69, 9.17) is 0 Å². The molecule has 2 heterocycles. The van der Waals surface area contributed by atoms with Crippen molar-refractivity contribution < 1.29 is 0 Å². The number of aromatic nitrogens is 1. The molecule has 0 fully saturated rings. The molecule has 0 amide bonds. The largest absolute Gasteiger partial charge is 0.0602 e. The van der Waals surface area contributed by atoms with Gasteiger partial charge in [0.05, 0.1) is 11.0 Å². The van der Waals surface area contributed by atoms with Crippen molar-refractivity contribution in [3.63, 3.8) is 0 Å². The third-order valence-corrected chi connectivity index (χ3v) is 14.6. The van der Waals surface area contributed by atoms with Gasteiger partial charge in [0.15, 0.2) is 0 Å². The van der Waals surface area contributed by atoms with E-state index >= 15 is 0 Å². The second-order valence-corrected chi connectivity index (χ2v) is 18.0. The van der Waals surface area contributed by atoms with Crippen LogP contribution in [0.5, 0.6) is 0 Å². The Morgan fingerprint density at radius 3 is 1.46 bits per heavy atom. The van der Waals surface area contributed by atoms with E-state index in [0.717, 1.165) is 22.7 Å². The van der Waals surface area contributed by atoms with Crippen LogP contribution in [-0.2, 0) is 0 Å². The summed E-state index contributed by atoms with van der Waals surface area (Å²) < 4.78 is 5.32. The standard InChI is InChI=1S/C58H38N2Se/c1-2-12-47(13-3-1)60-55-16-8-6-14-51(55)52-34-26-45(37-56(52)60)41-22-30-49(31-23-41)59(48-28-20-40(21-29-48)44-19-18-39-10-4-5-11-43(39)36-44)50-32-24-42(25-33-50)46-27-35-54-53-15-7-9-17-57(53)61-58(54)38-46/h1-38H. The molecule has 3 heteroatoms. The minimum atomic E-state index is 0.329. The molecule has 2 nitrogen and oxygen atoms in total. The number of para-hydroxylation sites is 2. The zero-order valence-electron chi connectivity index (χ0n) is 33.2. The maximum atomic E-state index is 2.41. The molecular formula is C58H38N2Se. The van der Waals surface area contributed by atoms with Crippen LogP contribution in [0.2, 0.25) is 0 Å². The predicted octanol–water partition coefficient (Wildman–Crippen LogP) is 15.8. The first-order chi connectivity index (χ1) is 30.2. The Balaban J connectivity index is 0.925. The van der Waals surface area contributed by atoms with E-state index in [9.17, 15) is 0 Å². The van der Waals surface area contributed by atoms with Gasteiger partial charge in [-0.3, -0.25) is 0 Å². The summed E-state index contributed by atoms with van der Waals surface area (Å²) in [5, 5.41) is 7.80. The Labute approximate surface area is 360 Å². The molecule has 0 aliphatic heterocycles. The first kappa shape index (κ1) is 35.5. The van der Waals surface area contributed by atoms with Gasteiger partial charge in [0.25, 0.3) is 0 Å². The molecule has 61 heavy (non-hydrogen) atoms. The van der Waals surface area contributed by atoms with Crippen LogP contribution >= 0.6 is 0 Å². The van der Waals surface area contributed by atoms with Crippen molar-refractivity contribution in [1.29, 1.82) is 0 Å². The molecule has 2 aromatic heterocycles. The van der Waals surface area contributed by atoms with Gasteiger partial charge in [-0.2, -0.15) is 0 Å². The van der Waals surface area contributed by atoms with E-state index in [0.29, 0.717) is 14.5 Å². The van der Waals surface area contributed by atoms with Crippen LogP contribution in [0.4, 0.5) is 17.1 Å². The fourth-order valence-electron chi connectivity index (χ4n) is 9.14. The average Bonchev–Trinajstić information content (AvgIpc) is 3.87. The summed E-state index contributed by atoms with van der Waals surface area (Å²) in [6.45, 7) is 0. The number of nitrogens with zero attached hydrogens (tertiary/aromatic N) is 2. The van der Waals surface area contributed by atoms with E-state index in [-0.39, 0.29) is 0 Å². The van der Waals surface area contributed by atoms with Crippen molar-refractivity contribution in [1.82, 2.24) is 4.57 Å². The van der Waals surface area contributed by atoms with Gasteiger partial charge < -0.3 is 4.57 Å². The molecule has 0 aliphatic rings. The van der Waals surface area contributed by atoms with Crippen LogP contribution in [0.25, 0.3) is 90.9 Å². The van der Waals surface area contributed by atoms with Crippen LogP contribution in [0.1, 0.15) is 0 Å². The van der Waals surface area contributed by atoms with Gasteiger partial charge in [0.2, 0.25) is 0 Å². The Hall–Kier alpha value is -7.42. The minimum Gasteiger partial charge on any atom is -0.0602 e. The quantitative estimate of drug-likeness (QED) is 0.145. The average molecular weight is 842 g/mol. The maximum Gasteiger partial charge on any atom is 0.0547 e. The van der Waals surface area contributed by atoms with Crippen molar-refractivity contribution >= 4 is 83.4 Å². The Morgan fingerprint density at radius 1 is 0.295 bits per heavy atom. The number of anilines is 3. The molecule has 0 atom stereocenters. The topological polar surface area (TPSA) is 8.17 Å². The number of benzene rings is 10. The molecule has 0 saturated heterocycles. The summed E-state index contributed by atoms with van der Waals surface area (Å²) in [7, 11) is 0. The second kappa shape index (κ2) is 14.7. The van der Waals surface area contributed by atoms with Gasteiger partial charge in [-0.05, 0) is 52.2 Å². The van der Waals surface area contributed by atoms with Crippen LogP contribution in [0, 0.1) is 0 Å². The summed E-state index contributed by atoms with van der Waals surface area (Å²) >= 11 is 0.329. The Bertz CT molecular complexity index is 3560. The molecule has 10 aromatic carbocycles. The third kappa shape index (κ3) is 6.26. The van der Waals surface area contributed by atoms with Gasteiger partial charge in [-0.25, -0.2) is 0 Å². The van der Waals surface area contributed by atoms with E-state index in [1.165, 1.54) is 85.3 Å². The molecule has 12 rings (SSSR count). The fourth-order valence-corrected chi connectivity index (χ4v) is 11.5.